The summed E-state index contributed by atoms with van der Waals surface area (Å²) in [5.74, 6) is -0.977. The molecule has 11 nitrogen and oxygen atoms in total. The van der Waals surface area contributed by atoms with E-state index in [2.05, 4.69) is 57.3 Å². The van der Waals surface area contributed by atoms with Gasteiger partial charge in [0.1, 0.15) is 6.54 Å². The molecule has 0 unspecified atom stereocenters. The SMILES string of the molecule is Cc1ccc(-c2ccc(-c3nc(-c4ccc(CN(CC(=O)O)C(=O)c5ccc(NC(=O)CC6=CNCN6)cc5)cc4)no3)cc2)cc1. The number of rotatable bonds is 11. The van der Waals surface area contributed by atoms with Crippen LogP contribution in [0.1, 0.15) is 27.9 Å². The van der Waals surface area contributed by atoms with E-state index in [0.717, 1.165) is 28.0 Å². The van der Waals surface area contributed by atoms with Crippen molar-refractivity contribution in [3.05, 3.63) is 126 Å². The van der Waals surface area contributed by atoms with Crippen LogP contribution in [0.2, 0.25) is 0 Å². The molecule has 11 heteroatoms. The van der Waals surface area contributed by atoms with Gasteiger partial charge in [-0.3, -0.25) is 14.4 Å². The number of amides is 2. The molecular formula is C36H32N6O5. The summed E-state index contributed by atoms with van der Waals surface area (Å²) < 4.78 is 5.53. The third-order valence-corrected chi connectivity index (χ3v) is 7.60. The lowest BCUT2D eigenvalue weighted by molar-refractivity contribution is -0.137. The molecule has 2 amide bonds. The molecule has 0 saturated carbocycles. The van der Waals surface area contributed by atoms with Gasteiger partial charge < -0.3 is 30.5 Å². The van der Waals surface area contributed by atoms with Crippen LogP contribution in [0.5, 0.6) is 0 Å². The normalized spacial score (nSPS) is 12.1. The smallest absolute Gasteiger partial charge is 0.323 e. The lowest BCUT2D eigenvalue weighted by Gasteiger charge is -2.21. The van der Waals surface area contributed by atoms with Gasteiger partial charge in [0.25, 0.3) is 11.8 Å². The van der Waals surface area contributed by atoms with E-state index in [1.807, 2.05) is 24.3 Å². The topological polar surface area (TPSA) is 150 Å². The number of aliphatic carboxylic acids is 1. The molecule has 1 aromatic heterocycles. The molecule has 0 spiro atoms. The second-order valence-corrected chi connectivity index (χ2v) is 11.1. The molecule has 236 valence electrons. The zero-order valence-electron chi connectivity index (χ0n) is 25.6. The minimum atomic E-state index is -1.13. The molecule has 0 radical (unpaired) electrons. The van der Waals surface area contributed by atoms with Crippen molar-refractivity contribution < 1.29 is 24.0 Å². The molecule has 0 bridgehead atoms. The Hall–Kier alpha value is -6.23. The van der Waals surface area contributed by atoms with Crippen molar-refractivity contribution in [3.8, 4) is 34.0 Å². The predicted octanol–water partition coefficient (Wildman–Crippen LogP) is 5.43. The molecule has 0 aliphatic carbocycles. The van der Waals surface area contributed by atoms with Crippen molar-refractivity contribution in [2.45, 2.75) is 19.9 Å². The Morgan fingerprint density at radius 1 is 0.851 bits per heavy atom. The summed E-state index contributed by atoms with van der Waals surface area (Å²) in [6, 6.07) is 29.8. The number of nitrogens with zero attached hydrogens (tertiary/aromatic N) is 3. The molecule has 4 aromatic carbocycles. The van der Waals surface area contributed by atoms with Gasteiger partial charge in [-0.25, -0.2) is 0 Å². The third-order valence-electron chi connectivity index (χ3n) is 7.60. The van der Waals surface area contributed by atoms with Crippen molar-refractivity contribution in [1.29, 1.82) is 0 Å². The molecule has 2 heterocycles. The highest BCUT2D eigenvalue weighted by molar-refractivity contribution is 5.97. The lowest BCUT2D eigenvalue weighted by Crippen LogP contribution is -2.35. The first-order valence-corrected chi connectivity index (χ1v) is 15.0. The molecule has 4 N–H and O–H groups in total. The van der Waals surface area contributed by atoms with Crippen LogP contribution in [0, 0.1) is 6.92 Å². The van der Waals surface area contributed by atoms with Crippen molar-refractivity contribution in [2.75, 3.05) is 18.5 Å². The van der Waals surface area contributed by atoms with Crippen molar-refractivity contribution in [1.82, 2.24) is 25.7 Å². The zero-order chi connectivity index (χ0) is 32.8. The maximum atomic E-state index is 13.3. The molecule has 0 saturated heterocycles. The molecular weight excluding hydrogens is 596 g/mol. The number of aromatic nitrogens is 2. The third kappa shape index (κ3) is 7.71. The molecule has 6 rings (SSSR count). The van der Waals surface area contributed by atoms with E-state index in [1.54, 1.807) is 54.7 Å². The first kappa shape index (κ1) is 30.8. The molecule has 5 aromatic rings. The fraction of sp³-hybridized carbons (Fsp3) is 0.139. The summed E-state index contributed by atoms with van der Waals surface area (Å²) >= 11 is 0. The van der Waals surface area contributed by atoms with E-state index in [9.17, 15) is 19.5 Å². The summed E-state index contributed by atoms with van der Waals surface area (Å²) in [6.45, 7) is 2.24. The zero-order valence-corrected chi connectivity index (χ0v) is 25.6. The molecule has 0 atom stereocenters. The summed E-state index contributed by atoms with van der Waals surface area (Å²) in [7, 11) is 0. The Kier molecular flexibility index (Phi) is 9.05. The Balaban J connectivity index is 1.09. The van der Waals surface area contributed by atoms with Gasteiger partial charge in [0.15, 0.2) is 0 Å². The lowest BCUT2D eigenvalue weighted by atomic mass is 10.0. The summed E-state index contributed by atoms with van der Waals surface area (Å²) in [6.07, 6.45) is 1.94. The number of benzene rings is 4. The Morgan fingerprint density at radius 2 is 1.49 bits per heavy atom. The number of hydrogen-bond donors (Lipinski definition) is 4. The van der Waals surface area contributed by atoms with Gasteiger partial charge in [-0.1, -0.05) is 71.4 Å². The van der Waals surface area contributed by atoms with Crippen LogP contribution in [-0.2, 0) is 16.1 Å². The average Bonchev–Trinajstić information content (AvgIpc) is 3.78. The van der Waals surface area contributed by atoms with Gasteiger partial charge in [-0.05, 0) is 60.0 Å². The van der Waals surface area contributed by atoms with Gasteiger partial charge in [0.05, 0.1) is 13.1 Å². The number of carbonyl (C=O) groups is 3. The van der Waals surface area contributed by atoms with E-state index in [-0.39, 0.29) is 18.9 Å². The second kappa shape index (κ2) is 13.8. The fourth-order valence-corrected chi connectivity index (χ4v) is 5.11. The predicted molar refractivity (Wildman–Crippen MR) is 177 cm³/mol. The molecule has 0 fully saturated rings. The van der Waals surface area contributed by atoms with Crippen LogP contribution in [-0.4, -0.2) is 51.1 Å². The minimum absolute atomic E-state index is 0.0743. The number of carboxylic acid groups (broad SMARTS) is 1. The number of hydrogen-bond acceptors (Lipinski definition) is 8. The van der Waals surface area contributed by atoms with Crippen molar-refractivity contribution in [3.63, 3.8) is 0 Å². The second-order valence-electron chi connectivity index (χ2n) is 11.1. The number of nitrogens with one attached hydrogen (secondary N) is 3. The highest BCUT2D eigenvalue weighted by Crippen LogP contribution is 2.26. The standard InChI is InChI=1S/C36H32N6O5/c1-23-2-6-25(7-3-23)26-10-12-28(13-11-26)35-40-34(41-47-35)27-8-4-24(5-9-27)20-42(21-33(44)45)36(46)29-14-16-30(17-15-29)39-32(43)18-31-19-37-22-38-31/h2-17,19,37-38H,18,20-22H2,1H3,(H,39,43)(H,44,45). The average molecular weight is 629 g/mol. The highest BCUT2D eigenvalue weighted by Gasteiger charge is 2.20. The number of aryl methyl sites for hydroxylation is 1. The van der Waals surface area contributed by atoms with E-state index in [0.29, 0.717) is 35.2 Å². The maximum Gasteiger partial charge on any atom is 0.323 e. The maximum absolute atomic E-state index is 13.3. The first-order chi connectivity index (χ1) is 22.8. The van der Waals surface area contributed by atoms with Crippen LogP contribution >= 0.6 is 0 Å². The minimum Gasteiger partial charge on any atom is -0.480 e. The van der Waals surface area contributed by atoms with Gasteiger partial charge in [-0.15, -0.1) is 0 Å². The monoisotopic (exact) mass is 628 g/mol. The van der Waals surface area contributed by atoms with Crippen LogP contribution in [0.25, 0.3) is 34.0 Å². The summed E-state index contributed by atoms with van der Waals surface area (Å²) in [5.41, 5.74) is 7.27. The van der Waals surface area contributed by atoms with Crippen LogP contribution < -0.4 is 16.0 Å². The van der Waals surface area contributed by atoms with Gasteiger partial charge in [0.2, 0.25) is 11.7 Å². The number of carboxylic acids is 1. The molecule has 1 aliphatic heterocycles. The van der Waals surface area contributed by atoms with Gasteiger partial charge in [0, 0.05) is 40.8 Å². The van der Waals surface area contributed by atoms with E-state index >= 15 is 0 Å². The molecule has 47 heavy (non-hydrogen) atoms. The highest BCUT2D eigenvalue weighted by atomic mass is 16.5. The van der Waals surface area contributed by atoms with Crippen molar-refractivity contribution >= 4 is 23.5 Å². The largest absolute Gasteiger partial charge is 0.480 e. The van der Waals surface area contributed by atoms with Crippen LogP contribution in [0.4, 0.5) is 5.69 Å². The summed E-state index contributed by atoms with van der Waals surface area (Å²) in [4.78, 5) is 43.0. The Bertz CT molecular complexity index is 1920. The van der Waals surface area contributed by atoms with Crippen LogP contribution in [0.3, 0.4) is 0 Å². The quantitative estimate of drug-likeness (QED) is 0.150. The van der Waals surface area contributed by atoms with E-state index < -0.39 is 18.4 Å². The van der Waals surface area contributed by atoms with Crippen LogP contribution in [0.15, 0.2) is 113 Å². The first-order valence-electron chi connectivity index (χ1n) is 15.0. The Labute approximate surface area is 270 Å². The number of carbonyl (C=O) groups excluding carboxylic acids is 2. The van der Waals surface area contributed by atoms with Crippen molar-refractivity contribution in [2.24, 2.45) is 0 Å². The Morgan fingerprint density at radius 3 is 2.13 bits per heavy atom. The van der Waals surface area contributed by atoms with Gasteiger partial charge in [-0.2, -0.15) is 4.98 Å². The van der Waals surface area contributed by atoms with E-state index in [4.69, 9.17) is 4.52 Å². The van der Waals surface area contributed by atoms with Gasteiger partial charge >= 0.3 is 5.97 Å². The molecule has 1 aliphatic rings. The fourth-order valence-electron chi connectivity index (χ4n) is 5.11. The number of anilines is 1. The van der Waals surface area contributed by atoms with E-state index in [1.165, 1.54) is 10.5 Å². The summed E-state index contributed by atoms with van der Waals surface area (Å²) in [5, 5.41) is 22.5.